The Bertz CT molecular complexity index is 268. The van der Waals surface area contributed by atoms with Gasteiger partial charge in [-0.15, -0.1) is 0 Å². The zero-order chi connectivity index (χ0) is 13.0. The Morgan fingerprint density at radius 1 is 1.28 bits per heavy atom. The molecule has 1 aliphatic carbocycles. The van der Waals surface area contributed by atoms with E-state index in [9.17, 15) is 4.79 Å². The number of carbonyl (C=O) groups excluding carboxylic acids is 1. The molecule has 0 atom stereocenters. The van der Waals surface area contributed by atoms with Crippen LogP contribution in [0.15, 0.2) is 0 Å². The molecule has 2 fully saturated rings. The zero-order valence-electron chi connectivity index (χ0n) is 12.0. The van der Waals surface area contributed by atoms with Crippen LogP contribution in [0.2, 0.25) is 0 Å². The van der Waals surface area contributed by atoms with Gasteiger partial charge in [-0.1, -0.05) is 26.7 Å². The van der Waals surface area contributed by atoms with E-state index in [0.29, 0.717) is 23.8 Å². The lowest BCUT2D eigenvalue weighted by molar-refractivity contribution is -0.135. The first-order chi connectivity index (χ1) is 8.66. The standard InChI is InChI=1S/C15H28N2O/c1-12(2)7-8-17(14-5-3-4-6-14)15(18)9-13-10-16-11-13/h12-14,16H,3-11H2,1-2H3. The van der Waals surface area contributed by atoms with Crippen molar-refractivity contribution in [2.24, 2.45) is 11.8 Å². The monoisotopic (exact) mass is 252 g/mol. The van der Waals surface area contributed by atoms with Crippen LogP contribution in [0.3, 0.4) is 0 Å². The maximum Gasteiger partial charge on any atom is 0.223 e. The molecule has 1 N–H and O–H groups in total. The number of amides is 1. The Labute approximate surface area is 111 Å². The van der Waals surface area contributed by atoms with Crippen molar-refractivity contribution in [1.82, 2.24) is 10.2 Å². The maximum absolute atomic E-state index is 12.4. The van der Waals surface area contributed by atoms with Crippen molar-refractivity contribution in [2.75, 3.05) is 19.6 Å². The highest BCUT2D eigenvalue weighted by molar-refractivity contribution is 5.77. The molecule has 1 saturated carbocycles. The summed E-state index contributed by atoms with van der Waals surface area (Å²) in [4.78, 5) is 14.7. The van der Waals surface area contributed by atoms with Gasteiger partial charge in [0.25, 0.3) is 0 Å². The smallest absolute Gasteiger partial charge is 0.223 e. The maximum atomic E-state index is 12.4. The lowest BCUT2D eigenvalue weighted by Crippen LogP contribution is -2.47. The molecule has 0 bridgehead atoms. The van der Waals surface area contributed by atoms with Crippen LogP contribution < -0.4 is 5.32 Å². The van der Waals surface area contributed by atoms with E-state index in [1.807, 2.05) is 0 Å². The molecule has 1 aliphatic heterocycles. The van der Waals surface area contributed by atoms with Gasteiger partial charge in [0.15, 0.2) is 0 Å². The van der Waals surface area contributed by atoms with Crippen molar-refractivity contribution < 1.29 is 4.79 Å². The van der Waals surface area contributed by atoms with E-state index >= 15 is 0 Å². The van der Waals surface area contributed by atoms with Crippen LogP contribution in [0.25, 0.3) is 0 Å². The summed E-state index contributed by atoms with van der Waals surface area (Å²) in [5.74, 6) is 1.70. The van der Waals surface area contributed by atoms with E-state index in [-0.39, 0.29) is 0 Å². The SMILES string of the molecule is CC(C)CCN(C(=O)CC1CNC1)C1CCCC1. The molecule has 104 valence electrons. The Balaban J connectivity index is 1.86. The fourth-order valence-electron chi connectivity index (χ4n) is 2.98. The third kappa shape index (κ3) is 3.71. The van der Waals surface area contributed by atoms with Crippen LogP contribution in [0.5, 0.6) is 0 Å². The summed E-state index contributed by atoms with van der Waals surface area (Å²) in [7, 11) is 0. The molecule has 2 rings (SSSR count). The molecule has 1 heterocycles. The molecule has 0 unspecified atom stereocenters. The molecule has 0 aromatic rings. The van der Waals surface area contributed by atoms with E-state index in [0.717, 1.165) is 32.5 Å². The predicted octanol–water partition coefficient (Wildman–Crippen LogP) is 2.41. The first-order valence-electron chi connectivity index (χ1n) is 7.67. The van der Waals surface area contributed by atoms with E-state index < -0.39 is 0 Å². The third-order valence-corrected chi connectivity index (χ3v) is 4.36. The highest BCUT2D eigenvalue weighted by Crippen LogP contribution is 2.25. The molecule has 0 radical (unpaired) electrons. The Kier molecular flexibility index (Phi) is 5.04. The molecular weight excluding hydrogens is 224 g/mol. The Hall–Kier alpha value is -0.570. The fourth-order valence-corrected chi connectivity index (χ4v) is 2.98. The minimum Gasteiger partial charge on any atom is -0.340 e. The second-order valence-electron chi connectivity index (χ2n) is 6.44. The number of carbonyl (C=O) groups is 1. The number of rotatable bonds is 6. The van der Waals surface area contributed by atoms with Crippen molar-refractivity contribution in [3.05, 3.63) is 0 Å². The summed E-state index contributed by atoms with van der Waals surface area (Å²) in [6.07, 6.45) is 6.98. The van der Waals surface area contributed by atoms with E-state index in [1.54, 1.807) is 0 Å². The number of nitrogens with one attached hydrogen (secondary N) is 1. The Morgan fingerprint density at radius 3 is 2.44 bits per heavy atom. The first kappa shape index (κ1) is 13.9. The van der Waals surface area contributed by atoms with Gasteiger partial charge in [-0.3, -0.25) is 4.79 Å². The lowest BCUT2D eigenvalue weighted by atomic mass is 9.97. The van der Waals surface area contributed by atoms with Crippen molar-refractivity contribution in [2.45, 2.75) is 58.4 Å². The van der Waals surface area contributed by atoms with Gasteiger partial charge >= 0.3 is 0 Å². The summed E-state index contributed by atoms with van der Waals surface area (Å²) < 4.78 is 0. The second-order valence-corrected chi connectivity index (χ2v) is 6.44. The van der Waals surface area contributed by atoms with Crippen LogP contribution in [0.4, 0.5) is 0 Å². The molecule has 0 spiro atoms. The quantitative estimate of drug-likeness (QED) is 0.787. The highest BCUT2D eigenvalue weighted by atomic mass is 16.2. The zero-order valence-corrected chi connectivity index (χ0v) is 12.0. The molecule has 3 nitrogen and oxygen atoms in total. The fraction of sp³-hybridized carbons (Fsp3) is 0.933. The summed E-state index contributed by atoms with van der Waals surface area (Å²) in [6, 6.07) is 0.546. The Morgan fingerprint density at radius 2 is 1.94 bits per heavy atom. The summed E-state index contributed by atoms with van der Waals surface area (Å²) in [6.45, 7) is 7.53. The van der Waals surface area contributed by atoms with Crippen molar-refractivity contribution in [3.8, 4) is 0 Å². The molecule has 1 saturated heterocycles. The van der Waals surface area contributed by atoms with E-state index in [2.05, 4.69) is 24.1 Å². The van der Waals surface area contributed by atoms with Crippen LogP contribution in [0, 0.1) is 11.8 Å². The molecule has 0 aromatic heterocycles. The summed E-state index contributed by atoms with van der Waals surface area (Å²) >= 11 is 0. The van der Waals surface area contributed by atoms with Crippen LogP contribution in [-0.4, -0.2) is 36.5 Å². The van der Waals surface area contributed by atoms with Gasteiger partial charge in [0, 0.05) is 19.0 Å². The van der Waals surface area contributed by atoms with Gasteiger partial charge in [0.2, 0.25) is 5.91 Å². The minimum absolute atomic E-state index is 0.411. The average molecular weight is 252 g/mol. The molecule has 2 aliphatic rings. The predicted molar refractivity (Wildman–Crippen MR) is 74.4 cm³/mol. The van der Waals surface area contributed by atoms with Crippen molar-refractivity contribution in [3.63, 3.8) is 0 Å². The van der Waals surface area contributed by atoms with Gasteiger partial charge in [0.05, 0.1) is 0 Å². The summed E-state index contributed by atoms with van der Waals surface area (Å²) in [5, 5.41) is 3.25. The van der Waals surface area contributed by atoms with Crippen LogP contribution in [0.1, 0.15) is 52.4 Å². The van der Waals surface area contributed by atoms with Gasteiger partial charge in [-0.05, 0) is 44.2 Å². The normalized spacial score (nSPS) is 21.3. The second kappa shape index (κ2) is 6.55. The van der Waals surface area contributed by atoms with Gasteiger partial charge in [-0.25, -0.2) is 0 Å². The summed E-state index contributed by atoms with van der Waals surface area (Å²) in [5.41, 5.74) is 0. The molecule has 18 heavy (non-hydrogen) atoms. The van der Waals surface area contributed by atoms with Gasteiger partial charge in [-0.2, -0.15) is 0 Å². The molecule has 3 heteroatoms. The van der Waals surface area contributed by atoms with Crippen LogP contribution >= 0.6 is 0 Å². The van der Waals surface area contributed by atoms with Crippen molar-refractivity contribution >= 4 is 5.91 Å². The number of hydrogen-bond donors (Lipinski definition) is 1. The average Bonchev–Trinajstić information content (AvgIpc) is 2.77. The van der Waals surface area contributed by atoms with Crippen LogP contribution in [-0.2, 0) is 4.79 Å². The van der Waals surface area contributed by atoms with E-state index in [4.69, 9.17) is 0 Å². The highest BCUT2D eigenvalue weighted by Gasteiger charge is 2.29. The number of nitrogens with zero attached hydrogens (tertiary/aromatic N) is 1. The number of hydrogen-bond acceptors (Lipinski definition) is 2. The van der Waals surface area contributed by atoms with Gasteiger partial charge < -0.3 is 10.2 Å². The molecule has 0 aromatic carbocycles. The van der Waals surface area contributed by atoms with Crippen molar-refractivity contribution in [1.29, 1.82) is 0 Å². The van der Waals surface area contributed by atoms with Gasteiger partial charge in [0.1, 0.15) is 0 Å². The third-order valence-electron chi connectivity index (χ3n) is 4.36. The first-order valence-corrected chi connectivity index (χ1v) is 7.67. The molecular formula is C15H28N2O. The lowest BCUT2D eigenvalue weighted by Gasteiger charge is -2.33. The minimum atomic E-state index is 0.411. The molecule has 1 amide bonds. The topological polar surface area (TPSA) is 32.3 Å². The van der Waals surface area contributed by atoms with E-state index in [1.165, 1.54) is 25.7 Å². The largest absolute Gasteiger partial charge is 0.340 e.